The minimum Gasteiger partial charge on any atom is -0.357 e. The number of nitrogens with one attached hydrogen (secondary N) is 2. The fourth-order valence-electron chi connectivity index (χ4n) is 3.05. The first-order chi connectivity index (χ1) is 11.1. The van der Waals surface area contributed by atoms with Crippen LogP contribution >= 0.6 is 11.3 Å². The Kier molecular flexibility index (Phi) is 7.30. The Balaban J connectivity index is 1.83. The Morgan fingerprint density at radius 1 is 1.35 bits per heavy atom. The number of guanidine groups is 1. The van der Waals surface area contributed by atoms with Gasteiger partial charge in [0.2, 0.25) is 0 Å². The van der Waals surface area contributed by atoms with E-state index in [4.69, 9.17) is 4.99 Å². The number of rotatable bonds is 7. The van der Waals surface area contributed by atoms with Crippen LogP contribution in [0.15, 0.2) is 4.99 Å². The third-order valence-electron chi connectivity index (χ3n) is 4.19. The third kappa shape index (κ3) is 5.77. The molecule has 0 amide bonds. The summed E-state index contributed by atoms with van der Waals surface area (Å²) in [5, 5.41) is 7.99. The number of likely N-dealkylation sites (tertiary alicyclic amines) is 1. The molecule has 1 atom stereocenters. The van der Waals surface area contributed by atoms with Gasteiger partial charge in [-0.1, -0.05) is 6.92 Å². The van der Waals surface area contributed by atoms with Crippen molar-refractivity contribution in [2.24, 2.45) is 10.9 Å². The van der Waals surface area contributed by atoms with E-state index in [1.165, 1.54) is 37.4 Å². The molecule has 0 saturated carbocycles. The lowest BCUT2D eigenvalue weighted by atomic mass is 10.1. The van der Waals surface area contributed by atoms with Crippen molar-refractivity contribution >= 4 is 17.3 Å². The molecule has 130 valence electrons. The third-order valence-corrected chi connectivity index (χ3v) is 5.25. The van der Waals surface area contributed by atoms with Crippen LogP contribution in [0.25, 0.3) is 0 Å². The number of aromatic nitrogens is 1. The van der Waals surface area contributed by atoms with Crippen LogP contribution in [0, 0.1) is 19.8 Å². The lowest BCUT2D eigenvalue weighted by Crippen LogP contribution is -2.40. The van der Waals surface area contributed by atoms with Crippen LogP contribution in [0.4, 0.5) is 0 Å². The predicted octanol–water partition coefficient (Wildman–Crippen LogP) is 2.55. The van der Waals surface area contributed by atoms with Gasteiger partial charge in [0.05, 0.1) is 17.2 Å². The second-order valence-corrected chi connectivity index (χ2v) is 7.56. The Morgan fingerprint density at radius 3 is 2.83 bits per heavy atom. The van der Waals surface area contributed by atoms with Crippen LogP contribution in [0.5, 0.6) is 0 Å². The molecule has 1 aromatic heterocycles. The zero-order chi connectivity index (χ0) is 16.7. The maximum Gasteiger partial charge on any atom is 0.191 e. The Bertz CT molecular complexity index is 511. The summed E-state index contributed by atoms with van der Waals surface area (Å²) >= 11 is 1.74. The van der Waals surface area contributed by atoms with E-state index in [9.17, 15) is 0 Å². The van der Waals surface area contributed by atoms with E-state index < -0.39 is 0 Å². The van der Waals surface area contributed by atoms with Gasteiger partial charge in [-0.25, -0.2) is 9.98 Å². The molecule has 0 spiro atoms. The maximum atomic E-state index is 4.73. The summed E-state index contributed by atoms with van der Waals surface area (Å²) in [7, 11) is 0. The van der Waals surface area contributed by atoms with Gasteiger partial charge in [0.15, 0.2) is 5.96 Å². The zero-order valence-corrected chi connectivity index (χ0v) is 15.8. The fraction of sp³-hybridized carbons (Fsp3) is 0.765. The largest absolute Gasteiger partial charge is 0.357 e. The Morgan fingerprint density at radius 2 is 2.17 bits per heavy atom. The highest BCUT2D eigenvalue weighted by Crippen LogP contribution is 2.18. The summed E-state index contributed by atoms with van der Waals surface area (Å²) in [4.78, 5) is 13.0. The number of thiazole rings is 1. The lowest BCUT2D eigenvalue weighted by Gasteiger charge is -2.16. The van der Waals surface area contributed by atoms with Crippen molar-refractivity contribution in [1.29, 1.82) is 0 Å². The van der Waals surface area contributed by atoms with Gasteiger partial charge in [0, 0.05) is 24.5 Å². The van der Waals surface area contributed by atoms with Crippen molar-refractivity contribution in [3.05, 3.63) is 15.6 Å². The highest BCUT2D eigenvalue weighted by atomic mass is 32.1. The van der Waals surface area contributed by atoms with Crippen LogP contribution in [0.1, 0.15) is 42.3 Å². The van der Waals surface area contributed by atoms with Crippen molar-refractivity contribution in [2.45, 2.75) is 47.1 Å². The van der Waals surface area contributed by atoms with Gasteiger partial charge in [-0.05, 0) is 52.6 Å². The minimum atomic E-state index is 0.708. The SMILES string of the molecule is CCCN1CCC(CNC(=NCc2sc(C)nc2C)NCC)C1. The van der Waals surface area contributed by atoms with Gasteiger partial charge in [-0.3, -0.25) is 0 Å². The van der Waals surface area contributed by atoms with Crippen LogP contribution in [-0.4, -0.2) is 48.6 Å². The van der Waals surface area contributed by atoms with Crippen LogP contribution in [-0.2, 0) is 6.54 Å². The van der Waals surface area contributed by atoms with E-state index in [-0.39, 0.29) is 0 Å². The lowest BCUT2D eigenvalue weighted by molar-refractivity contribution is 0.324. The molecule has 1 aromatic rings. The number of aliphatic imine (C=N–C) groups is 1. The molecule has 5 nitrogen and oxygen atoms in total. The maximum absolute atomic E-state index is 4.73. The van der Waals surface area contributed by atoms with Gasteiger partial charge < -0.3 is 15.5 Å². The minimum absolute atomic E-state index is 0.708. The van der Waals surface area contributed by atoms with E-state index in [2.05, 4.69) is 48.2 Å². The van der Waals surface area contributed by atoms with E-state index in [1.807, 2.05) is 0 Å². The summed E-state index contributed by atoms with van der Waals surface area (Å²) in [6, 6.07) is 0. The molecule has 1 aliphatic heterocycles. The van der Waals surface area contributed by atoms with Crippen molar-refractivity contribution in [2.75, 3.05) is 32.7 Å². The first-order valence-corrected chi connectivity index (χ1v) is 9.61. The molecule has 0 radical (unpaired) electrons. The van der Waals surface area contributed by atoms with Gasteiger partial charge in [0.1, 0.15) is 0 Å². The molecule has 0 aliphatic carbocycles. The van der Waals surface area contributed by atoms with Gasteiger partial charge >= 0.3 is 0 Å². The predicted molar refractivity (Wildman–Crippen MR) is 99.2 cm³/mol. The standard InChI is InChI=1S/C17H31N5S/c1-5-8-22-9-7-15(12-22)10-19-17(18-6-2)20-11-16-13(3)21-14(4)23-16/h15H,5-12H2,1-4H3,(H2,18,19,20). The zero-order valence-electron chi connectivity index (χ0n) is 15.0. The van der Waals surface area contributed by atoms with Crippen LogP contribution in [0.2, 0.25) is 0 Å². The van der Waals surface area contributed by atoms with Gasteiger partial charge in [0.25, 0.3) is 0 Å². The second kappa shape index (κ2) is 9.23. The molecule has 2 N–H and O–H groups in total. The molecule has 23 heavy (non-hydrogen) atoms. The van der Waals surface area contributed by atoms with Crippen molar-refractivity contribution in [1.82, 2.24) is 20.5 Å². The topological polar surface area (TPSA) is 52.5 Å². The van der Waals surface area contributed by atoms with Crippen molar-refractivity contribution in [3.8, 4) is 0 Å². The second-order valence-electron chi connectivity index (χ2n) is 6.27. The molecule has 1 saturated heterocycles. The molecule has 6 heteroatoms. The summed E-state index contributed by atoms with van der Waals surface area (Å²) in [5.74, 6) is 1.66. The average Bonchev–Trinajstić information content (AvgIpc) is 3.09. The molecule has 2 heterocycles. The number of nitrogens with zero attached hydrogens (tertiary/aromatic N) is 3. The summed E-state index contributed by atoms with van der Waals surface area (Å²) in [6.07, 6.45) is 2.54. The fourth-order valence-corrected chi connectivity index (χ4v) is 3.91. The van der Waals surface area contributed by atoms with Gasteiger partial charge in [-0.15, -0.1) is 11.3 Å². The first kappa shape index (κ1) is 18.2. The monoisotopic (exact) mass is 337 g/mol. The normalized spacial score (nSPS) is 19.3. The first-order valence-electron chi connectivity index (χ1n) is 8.79. The average molecular weight is 338 g/mol. The smallest absolute Gasteiger partial charge is 0.191 e. The van der Waals surface area contributed by atoms with E-state index >= 15 is 0 Å². The number of hydrogen-bond acceptors (Lipinski definition) is 4. The highest BCUT2D eigenvalue weighted by Gasteiger charge is 2.21. The summed E-state index contributed by atoms with van der Waals surface area (Å²) < 4.78 is 0. The molecule has 0 aromatic carbocycles. The van der Waals surface area contributed by atoms with Gasteiger partial charge in [-0.2, -0.15) is 0 Å². The van der Waals surface area contributed by atoms with E-state index in [0.717, 1.165) is 35.7 Å². The van der Waals surface area contributed by atoms with Crippen LogP contribution < -0.4 is 10.6 Å². The van der Waals surface area contributed by atoms with E-state index in [1.54, 1.807) is 11.3 Å². The van der Waals surface area contributed by atoms with Crippen molar-refractivity contribution in [3.63, 3.8) is 0 Å². The molecular formula is C17H31N5S. The summed E-state index contributed by atoms with van der Waals surface area (Å²) in [5.41, 5.74) is 1.11. The molecule has 1 unspecified atom stereocenters. The van der Waals surface area contributed by atoms with Crippen molar-refractivity contribution < 1.29 is 0 Å². The molecule has 1 aliphatic rings. The number of hydrogen-bond donors (Lipinski definition) is 2. The Labute approximate surface area is 144 Å². The number of aryl methyl sites for hydroxylation is 2. The Hall–Kier alpha value is -1.14. The quantitative estimate of drug-likeness (QED) is 0.593. The van der Waals surface area contributed by atoms with E-state index in [0.29, 0.717) is 6.54 Å². The molecule has 1 fully saturated rings. The van der Waals surface area contributed by atoms with Crippen LogP contribution in [0.3, 0.4) is 0 Å². The molecule has 0 bridgehead atoms. The summed E-state index contributed by atoms with van der Waals surface area (Å²) in [6.45, 7) is 14.8. The molecular weight excluding hydrogens is 306 g/mol. The highest BCUT2D eigenvalue weighted by molar-refractivity contribution is 7.11. The molecule has 2 rings (SSSR count).